The van der Waals surface area contributed by atoms with E-state index in [1.165, 1.54) is 60.9 Å². The molecule has 0 atom stereocenters. The molecule has 0 radical (unpaired) electrons. The lowest BCUT2D eigenvalue weighted by molar-refractivity contribution is 0.660. The van der Waals surface area contributed by atoms with Crippen LogP contribution in [0.15, 0.2) is 97.1 Å². The van der Waals surface area contributed by atoms with Crippen LogP contribution in [-0.4, -0.2) is 0 Å². The fourth-order valence-corrected chi connectivity index (χ4v) is 6.05. The summed E-state index contributed by atoms with van der Waals surface area (Å²) in [6.45, 7) is 9.06. The highest BCUT2D eigenvalue weighted by atomic mass is 14.4. The van der Waals surface area contributed by atoms with Gasteiger partial charge < -0.3 is 0 Å². The van der Waals surface area contributed by atoms with E-state index in [1.54, 1.807) is 0 Å². The van der Waals surface area contributed by atoms with E-state index in [-0.39, 0.29) is 5.41 Å². The second-order valence-corrected chi connectivity index (χ2v) is 11.1. The summed E-state index contributed by atoms with van der Waals surface area (Å²) in [5.41, 5.74) is 13.5. The van der Waals surface area contributed by atoms with Gasteiger partial charge in [-0.3, -0.25) is 0 Å². The molecule has 1 aliphatic rings. The van der Waals surface area contributed by atoms with Crippen LogP contribution in [0.1, 0.15) is 58.4 Å². The lowest BCUT2D eigenvalue weighted by atomic mass is 9.80. The van der Waals surface area contributed by atoms with Gasteiger partial charge in [-0.2, -0.15) is 5.26 Å². The number of aryl methyl sites for hydroxylation is 2. The molecule has 184 valence electrons. The lowest BCUT2D eigenvalue weighted by Gasteiger charge is -2.22. The molecule has 0 aliphatic heterocycles. The number of allylic oxidation sites excluding steroid dienone is 1. The number of rotatable bonds is 4. The van der Waals surface area contributed by atoms with Gasteiger partial charge in [0.25, 0.3) is 0 Å². The highest BCUT2D eigenvalue weighted by Gasteiger charge is 2.36. The zero-order chi connectivity index (χ0) is 26.4. The molecule has 0 bridgehead atoms. The first-order chi connectivity index (χ1) is 18.3. The van der Waals surface area contributed by atoms with Gasteiger partial charge in [-0.15, -0.1) is 0 Å². The Labute approximate surface area is 225 Å². The molecule has 0 spiro atoms. The van der Waals surface area contributed by atoms with Gasteiger partial charge >= 0.3 is 0 Å². The Hall–Kier alpha value is -4.41. The average Bonchev–Trinajstić information content (AvgIpc) is 3.15. The first-order valence-electron chi connectivity index (χ1n) is 13.3. The molecule has 6 rings (SSSR count). The Balaban J connectivity index is 1.49. The summed E-state index contributed by atoms with van der Waals surface area (Å²) in [4.78, 5) is 0. The van der Waals surface area contributed by atoms with Gasteiger partial charge in [0, 0.05) is 5.41 Å². The third-order valence-corrected chi connectivity index (χ3v) is 8.12. The number of benzene rings is 5. The molecule has 5 aromatic rings. The Bertz CT molecular complexity index is 1780. The van der Waals surface area contributed by atoms with Gasteiger partial charge in [0.15, 0.2) is 0 Å². The quantitative estimate of drug-likeness (QED) is 0.231. The largest absolute Gasteiger partial charge is 0.192 e. The maximum absolute atomic E-state index is 9.41. The van der Waals surface area contributed by atoms with Crippen LogP contribution in [-0.2, 0) is 11.8 Å². The van der Waals surface area contributed by atoms with E-state index in [0.29, 0.717) is 5.56 Å². The molecule has 0 amide bonds. The predicted molar refractivity (Wildman–Crippen MR) is 160 cm³/mol. The molecule has 0 N–H and O–H groups in total. The van der Waals surface area contributed by atoms with E-state index < -0.39 is 0 Å². The van der Waals surface area contributed by atoms with E-state index >= 15 is 0 Å². The smallest absolute Gasteiger partial charge is 0.0991 e. The molecule has 0 saturated heterocycles. The van der Waals surface area contributed by atoms with Crippen LogP contribution in [0.25, 0.3) is 33.5 Å². The zero-order valence-electron chi connectivity index (χ0n) is 22.5. The molecule has 1 heteroatoms. The molecule has 0 aromatic heterocycles. The lowest BCUT2D eigenvalue weighted by Crippen LogP contribution is -2.15. The Morgan fingerprint density at radius 2 is 1.55 bits per heavy atom. The molecule has 1 aliphatic carbocycles. The Kier molecular flexibility index (Phi) is 5.77. The molecular formula is C37H31N. The molecule has 0 unspecified atom stereocenters. The van der Waals surface area contributed by atoms with Crippen molar-refractivity contribution < 1.29 is 0 Å². The third-order valence-electron chi connectivity index (χ3n) is 8.12. The second-order valence-electron chi connectivity index (χ2n) is 11.1. The average molecular weight is 490 g/mol. The number of nitriles is 1. The van der Waals surface area contributed by atoms with E-state index in [9.17, 15) is 5.26 Å². The highest BCUT2D eigenvalue weighted by Crippen LogP contribution is 2.52. The van der Waals surface area contributed by atoms with Crippen LogP contribution in [0, 0.1) is 25.2 Å². The minimum Gasteiger partial charge on any atom is -0.192 e. The number of fused-ring (bicyclic) bond motifs is 5. The van der Waals surface area contributed by atoms with Crippen LogP contribution in [0.3, 0.4) is 0 Å². The fourth-order valence-electron chi connectivity index (χ4n) is 6.05. The van der Waals surface area contributed by atoms with Gasteiger partial charge in [0.05, 0.1) is 11.6 Å². The molecule has 0 heterocycles. The van der Waals surface area contributed by atoms with Crippen molar-refractivity contribution in [3.8, 4) is 17.2 Å². The molecular weight excluding hydrogens is 458 g/mol. The standard InChI is InChI=1S/C37H31N/c1-24-12-15-29(16-13-24)30(20-26-8-7-9-28(19-26)23-38)21-27-14-17-33-34(22-27)37(3,4)35-18-25(2)31-10-5-6-11-32(31)36(33)35/h5-19,21-22H,20H2,1-4H3/b30-21-. The van der Waals surface area contributed by atoms with Crippen molar-refractivity contribution in [2.45, 2.75) is 39.5 Å². The van der Waals surface area contributed by atoms with Crippen molar-refractivity contribution in [3.05, 3.63) is 142 Å². The minimum absolute atomic E-state index is 0.0749. The molecule has 5 aromatic carbocycles. The van der Waals surface area contributed by atoms with E-state index in [0.717, 1.165) is 12.0 Å². The third kappa shape index (κ3) is 4.04. The number of nitrogens with zero attached hydrogens (tertiary/aromatic N) is 1. The first kappa shape index (κ1) is 24.0. The second kappa shape index (κ2) is 9.16. The van der Waals surface area contributed by atoms with Crippen molar-refractivity contribution in [1.29, 1.82) is 5.26 Å². The van der Waals surface area contributed by atoms with Crippen LogP contribution >= 0.6 is 0 Å². The van der Waals surface area contributed by atoms with E-state index in [1.807, 2.05) is 18.2 Å². The van der Waals surface area contributed by atoms with E-state index in [4.69, 9.17) is 0 Å². The van der Waals surface area contributed by atoms with Crippen molar-refractivity contribution >= 4 is 22.4 Å². The summed E-state index contributed by atoms with van der Waals surface area (Å²) in [5, 5.41) is 12.1. The van der Waals surface area contributed by atoms with Crippen LogP contribution in [0.5, 0.6) is 0 Å². The van der Waals surface area contributed by atoms with Crippen LogP contribution in [0.2, 0.25) is 0 Å². The van der Waals surface area contributed by atoms with Crippen LogP contribution in [0.4, 0.5) is 0 Å². The fraction of sp³-hybridized carbons (Fsp3) is 0.162. The maximum Gasteiger partial charge on any atom is 0.0991 e. The first-order valence-corrected chi connectivity index (χ1v) is 13.3. The summed E-state index contributed by atoms with van der Waals surface area (Å²) < 4.78 is 0. The SMILES string of the molecule is Cc1ccc(/C(=C\c2ccc3c(c2)C(C)(C)c2cc(C)c4ccccc4c2-3)Cc2cccc(C#N)c2)cc1. The van der Waals surface area contributed by atoms with Crippen molar-refractivity contribution in [2.75, 3.05) is 0 Å². The molecule has 1 nitrogen and oxygen atoms in total. The predicted octanol–water partition coefficient (Wildman–Crippen LogP) is 9.42. The van der Waals surface area contributed by atoms with Gasteiger partial charge in [-0.1, -0.05) is 110 Å². The molecule has 0 fully saturated rings. The summed E-state index contributed by atoms with van der Waals surface area (Å²) in [6, 6.07) is 37.1. The van der Waals surface area contributed by atoms with E-state index in [2.05, 4.69) is 119 Å². The zero-order valence-corrected chi connectivity index (χ0v) is 22.5. The summed E-state index contributed by atoms with van der Waals surface area (Å²) >= 11 is 0. The molecule has 0 saturated carbocycles. The van der Waals surface area contributed by atoms with Crippen molar-refractivity contribution in [1.82, 2.24) is 0 Å². The summed E-state index contributed by atoms with van der Waals surface area (Å²) in [7, 11) is 0. The van der Waals surface area contributed by atoms with Crippen LogP contribution < -0.4 is 0 Å². The topological polar surface area (TPSA) is 23.8 Å². The summed E-state index contributed by atoms with van der Waals surface area (Å²) in [5.74, 6) is 0. The highest BCUT2D eigenvalue weighted by molar-refractivity contribution is 6.04. The Morgan fingerprint density at radius 3 is 2.32 bits per heavy atom. The number of hydrogen-bond donors (Lipinski definition) is 0. The maximum atomic E-state index is 9.41. The van der Waals surface area contributed by atoms with Crippen molar-refractivity contribution in [2.24, 2.45) is 0 Å². The molecule has 38 heavy (non-hydrogen) atoms. The monoisotopic (exact) mass is 489 g/mol. The minimum atomic E-state index is -0.0749. The Morgan fingerprint density at radius 1 is 0.789 bits per heavy atom. The van der Waals surface area contributed by atoms with Gasteiger partial charge in [0.1, 0.15) is 0 Å². The van der Waals surface area contributed by atoms with Crippen molar-refractivity contribution in [3.63, 3.8) is 0 Å². The normalized spacial score (nSPS) is 13.7. The van der Waals surface area contributed by atoms with Gasteiger partial charge in [-0.05, 0) is 93.3 Å². The summed E-state index contributed by atoms with van der Waals surface area (Å²) in [6.07, 6.45) is 3.09. The van der Waals surface area contributed by atoms with Gasteiger partial charge in [0.2, 0.25) is 0 Å². The van der Waals surface area contributed by atoms with Gasteiger partial charge in [-0.25, -0.2) is 0 Å². The number of hydrogen-bond acceptors (Lipinski definition) is 1.